The molecule has 0 aliphatic carbocycles. The van der Waals surface area contributed by atoms with Gasteiger partial charge in [0.1, 0.15) is 18.3 Å². The number of fused-ring (bicyclic) bond motifs is 2. The molecule has 0 spiro atoms. The Bertz CT molecular complexity index is 1410. The molecule has 3 N–H and O–H groups in total. The monoisotopic (exact) mass is 512 g/mol. The van der Waals surface area contributed by atoms with Gasteiger partial charge in [0.25, 0.3) is 6.01 Å². The number of aromatic amines is 1. The number of ether oxygens (including phenoxy) is 3. The Morgan fingerprint density at radius 2 is 1.80 bits per heavy atom. The van der Waals surface area contributed by atoms with E-state index >= 15 is 0 Å². The summed E-state index contributed by atoms with van der Waals surface area (Å²) in [5.74, 6) is 0.589. The molecular formula is C23H21ClN6O4S. The molecule has 0 amide bonds. The summed E-state index contributed by atoms with van der Waals surface area (Å²) in [6.45, 7) is 0.543. The maximum absolute atomic E-state index is 9.91. The molecule has 0 saturated carbocycles. The Hall–Kier alpha value is -2.96. The molecule has 0 radical (unpaired) electrons. The Balaban J connectivity index is 1.23. The predicted octanol–water partition coefficient (Wildman–Crippen LogP) is 3.01. The molecule has 12 heteroatoms. The van der Waals surface area contributed by atoms with Crippen molar-refractivity contribution >= 4 is 33.5 Å². The molecule has 1 aromatic carbocycles. The molecule has 2 fully saturated rings. The van der Waals surface area contributed by atoms with E-state index in [0.29, 0.717) is 40.3 Å². The lowest BCUT2D eigenvalue weighted by Crippen LogP contribution is -2.34. The van der Waals surface area contributed by atoms with E-state index in [1.165, 1.54) is 0 Å². The summed E-state index contributed by atoms with van der Waals surface area (Å²) in [4.78, 5) is 21.8. The molecule has 5 heterocycles. The Kier molecular flexibility index (Phi) is 5.73. The van der Waals surface area contributed by atoms with Crippen LogP contribution < -0.4 is 4.74 Å². The smallest absolute Gasteiger partial charge is 0.296 e. The molecule has 180 valence electrons. The van der Waals surface area contributed by atoms with Gasteiger partial charge < -0.3 is 24.3 Å². The molecule has 5 atom stereocenters. The zero-order valence-electron chi connectivity index (χ0n) is 18.5. The molecule has 4 aromatic rings. The summed E-state index contributed by atoms with van der Waals surface area (Å²) < 4.78 is 25.0. The molecule has 0 bridgehead atoms. The van der Waals surface area contributed by atoms with E-state index in [-0.39, 0.29) is 24.9 Å². The van der Waals surface area contributed by atoms with E-state index in [1.54, 1.807) is 18.5 Å². The van der Waals surface area contributed by atoms with Crippen molar-refractivity contribution in [3.8, 4) is 28.7 Å². The molecule has 2 saturated heterocycles. The molecule has 3 aromatic heterocycles. The second kappa shape index (κ2) is 8.92. The first-order chi connectivity index (χ1) is 17.0. The molecule has 6 rings (SSSR count). The summed E-state index contributed by atoms with van der Waals surface area (Å²) in [6, 6.07) is 9.68. The van der Waals surface area contributed by atoms with Gasteiger partial charge in [-0.25, -0.2) is 15.0 Å². The van der Waals surface area contributed by atoms with E-state index in [0.717, 1.165) is 16.0 Å². The third-order valence-electron chi connectivity index (χ3n) is 6.05. The molecule has 5 unspecified atom stereocenters. The van der Waals surface area contributed by atoms with Gasteiger partial charge in [0.05, 0.1) is 34.3 Å². The lowest BCUT2D eigenvalue weighted by molar-refractivity contribution is 0.00706. The normalized spacial score (nSPS) is 24.5. The van der Waals surface area contributed by atoms with Gasteiger partial charge in [0.15, 0.2) is 17.6 Å². The van der Waals surface area contributed by atoms with E-state index in [1.807, 2.05) is 30.5 Å². The molecular weight excluding hydrogens is 492 g/mol. The number of hydrogen-bond donors (Lipinski definition) is 3. The van der Waals surface area contributed by atoms with Gasteiger partial charge in [-0.3, -0.25) is 4.78 Å². The van der Waals surface area contributed by atoms with Crippen LogP contribution >= 0.6 is 11.6 Å². The summed E-state index contributed by atoms with van der Waals surface area (Å²) in [5.41, 5.74) is 3.38. The average Bonchev–Trinajstić information content (AvgIpc) is 3.55. The number of halogens is 1. The van der Waals surface area contributed by atoms with Crippen molar-refractivity contribution in [1.29, 1.82) is 4.78 Å². The standard InChI is InChI=1S/C23H21ClN6O4S/c1-35(25)13-7-26-21(27-8-13)12-4-2-11(3-5-12)18-14(24)6-15-22(29-18)30-23(28-15)34-17-10-33-19-16(31)9-32-20(17)19/h2-8,16-17,19-20,25,31H,9-10H2,1H3,(H,28,29,30). The summed E-state index contributed by atoms with van der Waals surface area (Å²) in [7, 11) is -0.627. The molecule has 2 aliphatic heterocycles. The zero-order valence-corrected chi connectivity index (χ0v) is 20.1. The van der Waals surface area contributed by atoms with E-state index in [4.69, 9.17) is 30.6 Å². The maximum atomic E-state index is 9.91. The first-order valence-corrected chi connectivity index (χ1v) is 12.9. The Labute approximate surface area is 207 Å². The average molecular weight is 513 g/mol. The van der Waals surface area contributed by atoms with E-state index in [9.17, 15) is 5.11 Å². The van der Waals surface area contributed by atoms with Crippen LogP contribution in [-0.2, 0) is 20.2 Å². The number of imidazole rings is 1. The minimum atomic E-state index is -0.642. The molecule has 35 heavy (non-hydrogen) atoms. The molecule has 10 nitrogen and oxygen atoms in total. The SMILES string of the molecule is CS(=N)c1cnc(-c2ccc(-c3nc4nc(OC5COC6C(O)COC56)[nH]c4cc3Cl)cc2)nc1. The number of aromatic nitrogens is 5. The third kappa shape index (κ3) is 4.19. The molecule has 2 aliphatic rings. The number of nitrogens with zero attached hydrogens (tertiary/aromatic N) is 4. The predicted molar refractivity (Wildman–Crippen MR) is 130 cm³/mol. The van der Waals surface area contributed by atoms with Crippen LogP contribution in [0.2, 0.25) is 5.02 Å². The van der Waals surface area contributed by atoms with Gasteiger partial charge >= 0.3 is 0 Å². The first kappa shape index (κ1) is 22.5. The Morgan fingerprint density at radius 1 is 1.09 bits per heavy atom. The highest BCUT2D eigenvalue weighted by Gasteiger charge is 2.48. The van der Waals surface area contributed by atoms with Crippen LogP contribution in [0.4, 0.5) is 0 Å². The van der Waals surface area contributed by atoms with Crippen LogP contribution in [0.1, 0.15) is 0 Å². The van der Waals surface area contributed by atoms with Crippen LogP contribution in [0.3, 0.4) is 0 Å². The fourth-order valence-electron chi connectivity index (χ4n) is 4.24. The highest BCUT2D eigenvalue weighted by atomic mass is 35.5. The van der Waals surface area contributed by atoms with Crippen molar-refractivity contribution in [3.05, 3.63) is 47.7 Å². The van der Waals surface area contributed by atoms with Gasteiger partial charge in [-0.2, -0.15) is 4.98 Å². The number of rotatable bonds is 5. The number of H-pyrrole nitrogens is 1. The number of benzene rings is 1. The van der Waals surface area contributed by atoms with Crippen molar-refractivity contribution in [2.24, 2.45) is 0 Å². The minimum Gasteiger partial charge on any atom is -0.456 e. The number of pyridine rings is 1. The summed E-state index contributed by atoms with van der Waals surface area (Å²) in [6.07, 6.45) is 3.46. The second-order valence-corrected chi connectivity index (χ2v) is 10.3. The van der Waals surface area contributed by atoms with E-state index < -0.39 is 16.8 Å². The third-order valence-corrected chi connectivity index (χ3v) is 7.25. The lowest BCUT2D eigenvalue weighted by atomic mass is 10.1. The topological polar surface area (TPSA) is 139 Å². The van der Waals surface area contributed by atoms with Crippen LogP contribution in [0.15, 0.2) is 47.6 Å². The van der Waals surface area contributed by atoms with Gasteiger partial charge in [-0.05, 0) is 12.3 Å². The van der Waals surface area contributed by atoms with Crippen LogP contribution in [0.25, 0.3) is 33.8 Å². The largest absolute Gasteiger partial charge is 0.456 e. The van der Waals surface area contributed by atoms with Crippen molar-refractivity contribution in [1.82, 2.24) is 24.9 Å². The fraction of sp³-hybridized carbons (Fsp3) is 0.304. The van der Waals surface area contributed by atoms with Crippen molar-refractivity contribution in [2.75, 3.05) is 19.5 Å². The first-order valence-electron chi connectivity index (χ1n) is 10.9. The van der Waals surface area contributed by atoms with E-state index in [2.05, 4.69) is 24.9 Å². The van der Waals surface area contributed by atoms with Gasteiger partial charge in [0, 0.05) is 23.5 Å². The van der Waals surface area contributed by atoms with Gasteiger partial charge in [0.2, 0.25) is 0 Å². The number of hydrogen-bond acceptors (Lipinski definition) is 9. The maximum Gasteiger partial charge on any atom is 0.296 e. The highest BCUT2D eigenvalue weighted by Crippen LogP contribution is 2.32. The van der Waals surface area contributed by atoms with Gasteiger partial charge in [-0.15, -0.1) is 0 Å². The number of nitrogens with one attached hydrogen (secondary N) is 2. The van der Waals surface area contributed by atoms with Crippen LogP contribution in [-0.4, -0.2) is 73.9 Å². The lowest BCUT2D eigenvalue weighted by Gasteiger charge is -2.15. The summed E-state index contributed by atoms with van der Waals surface area (Å²) in [5, 5.41) is 10.4. The highest BCUT2D eigenvalue weighted by molar-refractivity contribution is 7.85. The fourth-order valence-corrected chi connectivity index (χ4v) is 4.93. The van der Waals surface area contributed by atoms with Crippen LogP contribution in [0.5, 0.6) is 6.01 Å². The van der Waals surface area contributed by atoms with Crippen LogP contribution in [0, 0.1) is 4.78 Å². The van der Waals surface area contributed by atoms with Crippen molar-refractivity contribution in [3.63, 3.8) is 0 Å². The minimum absolute atomic E-state index is 0.233. The number of aliphatic hydroxyl groups is 1. The van der Waals surface area contributed by atoms with Crippen molar-refractivity contribution in [2.45, 2.75) is 29.3 Å². The zero-order chi connectivity index (χ0) is 24.1. The second-order valence-electron chi connectivity index (χ2n) is 8.38. The Morgan fingerprint density at radius 3 is 2.54 bits per heavy atom. The number of aliphatic hydroxyl groups excluding tert-OH is 1. The van der Waals surface area contributed by atoms with Gasteiger partial charge in [-0.1, -0.05) is 46.6 Å². The quantitative estimate of drug-likeness (QED) is 0.371. The summed E-state index contributed by atoms with van der Waals surface area (Å²) >= 11 is 6.55. The van der Waals surface area contributed by atoms with Crippen molar-refractivity contribution < 1.29 is 19.3 Å².